The molecule has 0 aromatic carbocycles. The molecule has 0 bridgehead atoms. The number of hydrogen-bond donors (Lipinski definition) is 1. The van der Waals surface area contributed by atoms with Crippen LogP contribution in [-0.2, 0) is 25.9 Å². The van der Waals surface area contributed by atoms with Crippen LogP contribution in [-0.4, -0.2) is 16.1 Å². The number of rotatable bonds is 2. The maximum Gasteiger partial charge on any atom is 0.108 e. The molecule has 1 aliphatic heterocycles. The van der Waals surface area contributed by atoms with E-state index in [2.05, 4.69) is 37.6 Å². The predicted octanol–water partition coefficient (Wildman–Crippen LogP) is 2.14. The number of aromatic nitrogens is 2. The molecule has 2 heterocycles. The van der Waals surface area contributed by atoms with Gasteiger partial charge in [-0.2, -0.15) is 0 Å². The van der Waals surface area contributed by atoms with Crippen LogP contribution in [0.2, 0.25) is 0 Å². The second kappa shape index (κ2) is 4.21. The van der Waals surface area contributed by atoms with Gasteiger partial charge in [-0.05, 0) is 5.41 Å². The molecule has 1 aliphatic rings. The first-order valence-electron chi connectivity index (χ1n) is 6.29. The third-order valence-electron chi connectivity index (χ3n) is 3.01. The third kappa shape index (κ3) is 2.29. The van der Waals surface area contributed by atoms with Crippen molar-refractivity contribution < 1.29 is 0 Å². The Hall–Kier alpha value is -0.830. The fraction of sp³-hybridized carbons (Fsp3) is 0.769. The Bertz CT molecular complexity index is 371. The van der Waals surface area contributed by atoms with E-state index in [0.717, 1.165) is 32.5 Å². The van der Waals surface area contributed by atoms with Crippen molar-refractivity contribution in [1.82, 2.24) is 14.9 Å². The van der Waals surface area contributed by atoms with Crippen molar-refractivity contribution in [2.75, 3.05) is 6.54 Å². The summed E-state index contributed by atoms with van der Waals surface area (Å²) in [7, 11) is 0. The molecule has 1 aromatic heterocycles. The summed E-state index contributed by atoms with van der Waals surface area (Å²) in [6.45, 7) is 12.2. The molecule has 0 atom stereocenters. The van der Waals surface area contributed by atoms with E-state index < -0.39 is 0 Å². The first-order valence-corrected chi connectivity index (χ1v) is 6.29. The van der Waals surface area contributed by atoms with E-state index in [9.17, 15) is 0 Å². The van der Waals surface area contributed by atoms with Crippen molar-refractivity contribution in [2.45, 2.75) is 53.6 Å². The largest absolute Gasteiger partial charge is 0.331 e. The van der Waals surface area contributed by atoms with Crippen molar-refractivity contribution in [3.05, 3.63) is 17.2 Å². The standard InChI is InChI=1S/C13H23N3/c1-5-12-15-10-8-14-7-6-11(10)16(12)9-13(2,3)4/h14H,5-9H2,1-4H3. The van der Waals surface area contributed by atoms with Gasteiger partial charge in [0.15, 0.2) is 0 Å². The van der Waals surface area contributed by atoms with Gasteiger partial charge >= 0.3 is 0 Å². The van der Waals surface area contributed by atoms with Gasteiger partial charge in [-0.1, -0.05) is 27.7 Å². The Kier molecular flexibility index (Phi) is 3.06. The van der Waals surface area contributed by atoms with Gasteiger partial charge < -0.3 is 9.88 Å². The van der Waals surface area contributed by atoms with E-state index in [-0.39, 0.29) is 0 Å². The summed E-state index contributed by atoms with van der Waals surface area (Å²) in [6, 6.07) is 0. The average Bonchev–Trinajstić information content (AvgIpc) is 2.55. The second-order valence-corrected chi connectivity index (χ2v) is 5.85. The van der Waals surface area contributed by atoms with Crippen molar-refractivity contribution in [1.29, 1.82) is 0 Å². The van der Waals surface area contributed by atoms with Crippen LogP contribution in [0.5, 0.6) is 0 Å². The summed E-state index contributed by atoms with van der Waals surface area (Å²) in [4.78, 5) is 4.75. The molecule has 3 heteroatoms. The molecule has 1 aromatic rings. The fourth-order valence-electron chi connectivity index (χ4n) is 2.36. The highest BCUT2D eigenvalue weighted by atomic mass is 15.1. The molecule has 0 aliphatic carbocycles. The fourth-order valence-corrected chi connectivity index (χ4v) is 2.36. The second-order valence-electron chi connectivity index (χ2n) is 5.85. The molecule has 16 heavy (non-hydrogen) atoms. The first kappa shape index (κ1) is 11.6. The Morgan fingerprint density at radius 3 is 2.75 bits per heavy atom. The minimum Gasteiger partial charge on any atom is -0.331 e. The number of hydrogen-bond acceptors (Lipinski definition) is 2. The summed E-state index contributed by atoms with van der Waals surface area (Å²) in [5, 5.41) is 3.39. The van der Waals surface area contributed by atoms with Gasteiger partial charge in [-0.3, -0.25) is 0 Å². The minimum atomic E-state index is 0.323. The predicted molar refractivity (Wildman–Crippen MR) is 66.5 cm³/mol. The molecule has 1 N–H and O–H groups in total. The summed E-state index contributed by atoms with van der Waals surface area (Å²) < 4.78 is 2.45. The van der Waals surface area contributed by atoms with Crippen LogP contribution in [0.3, 0.4) is 0 Å². The Labute approximate surface area is 98.3 Å². The molecule has 0 saturated heterocycles. The Morgan fingerprint density at radius 1 is 1.38 bits per heavy atom. The molecule has 0 radical (unpaired) electrons. The molecule has 0 spiro atoms. The summed E-state index contributed by atoms with van der Waals surface area (Å²) in [6.07, 6.45) is 2.15. The molecule has 3 nitrogen and oxygen atoms in total. The molecule has 0 unspecified atom stereocenters. The van der Waals surface area contributed by atoms with Gasteiger partial charge in [-0.15, -0.1) is 0 Å². The molecular weight excluding hydrogens is 198 g/mol. The van der Waals surface area contributed by atoms with Gasteiger partial charge in [0.1, 0.15) is 5.82 Å². The van der Waals surface area contributed by atoms with Gasteiger partial charge in [0.2, 0.25) is 0 Å². The van der Waals surface area contributed by atoms with Crippen molar-refractivity contribution >= 4 is 0 Å². The van der Waals surface area contributed by atoms with Crippen molar-refractivity contribution in [3.8, 4) is 0 Å². The van der Waals surface area contributed by atoms with E-state index >= 15 is 0 Å². The Morgan fingerprint density at radius 2 is 2.12 bits per heavy atom. The van der Waals surface area contributed by atoms with Crippen molar-refractivity contribution in [2.24, 2.45) is 5.41 Å². The number of fused-ring (bicyclic) bond motifs is 1. The van der Waals surface area contributed by atoms with Crippen LogP contribution in [0.15, 0.2) is 0 Å². The monoisotopic (exact) mass is 221 g/mol. The smallest absolute Gasteiger partial charge is 0.108 e. The summed E-state index contributed by atoms with van der Waals surface area (Å²) >= 11 is 0. The molecule has 2 rings (SSSR count). The van der Waals surface area contributed by atoms with Gasteiger partial charge in [0, 0.05) is 38.2 Å². The van der Waals surface area contributed by atoms with Crippen LogP contribution in [0.4, 0.5) is 0 Å². The number of imidazole rings is 1. The van der Waals surface area contributed by atoms with Crippen LogP contribution in [0.1, 0.15) is 44.9 Å². The van der Waals surface area contributed by atoms with Crippen LogP contribution in [0, 0.1) is 5.41 Å². The Balaban J connectivity index is 2.37. The molecule has 0 amide bonds. The maximum absolute atomic E-state index is 4.75. The van der Waals surface area contributed by atoms with Crippen LogP contribution in [0.25, 0.3) is 0 Å². The lowest BCUT2D eigenvalue weighted by Gasteiger charge is -2.23. The zero-order chi connectivity index (χ0) is 11.8. The van der Waals surface area contributed by atoms with E-state index in [1.165, 1.54) is 17.2 Å². The van der Waals surface area contributed by atoms with E-state index in [4.69, 9.17) is 4.98 Å². The maximum atomic E-state index is 4.75. The lowest BCUT2D eigenvalue weighted by molar-refractivity contribution is 0.332. The topological polar surface area (TPSA) is 29.9 Å². The summed E-state index contributed by atoms with van der Waals surface area (Å²) in [5.41, 5.74) is 3.06. The van der Waals surface area contributed by atoms with Crippen LogP contribution >= 0.6 is 0 Å². The minimum absolute atomic E-state index is 0.323. The molecule has 0 fully saturated rings. The number of nitrogens with zero attached hydrogens (tertiary/aromatic N) is 2. The highest BCUT2D eigenvalue weighted by Crippen LogP contribution is 2.23. The van der Waals surface area contributed by atoms with E-state index in [0.29, 0.717) is 5.41 Å². The van der Waals surface area contributed by atoms with Gasteiger partial charge in [-0.25, -0.2) is 4.98 Å². The zero-order valence-electron chi connectivity index (χ0n) is 10.9. The average molecular weight is 221 g/mol. The zero-order valence-corrected chi connectivity index (χ0v) is 10.9. The molecule has 0 saturated carbocycles. The summed E-state index contributed by atoms with van der Waals surface area (Å²) in [5.74, 6) is 1.25. The van der Waals surface area contributed by atoms with Crippen molar-refractivity contribution in [3.63, 3.8) is 0 Å². The van der Waals surface area contributed by atoms with Crippen LogP contribution < -0.4 is 5.32 Å². The lowest BCUT2D eigenvalue weighted by atomic mass is 9.96. The SMILES string of the molecule is CCc1nc2c(n1CC(C)(C)C)CCNC2. The lowest BCUT2D eigenvalue weighted by Crippen LogP contribution is -2.26. The highest BCUT2D eigenvalue weighted by molar-refractivity contribution is 5.20. The molecular formula is C13H23N3. The molecule has 90 valence electrons. The highest BCUT2D eigenvalue weighted by Gasteiger charge is 2.22. The normalized spacial score (nSPS) is 16.2. The van der Waals surface area contributed by atoms with E-state index in [1.807, 2.05) is 0 Å². The van der Waals surface area contributed by atoms with E-state index in [1.54, 1.807) is 0 Å². The first-order chi connectivity index (χ1) is 7.51. The van der Waals surface area contributed by atoms with Gasteiger partial charge in [0.25, 0.3) is 0 Å². The van der Waals surface area contributed by atoms with Gasteiger partial charge in [0.05, 0.1) is 5.69 Å². The quantitative estimate of drug-likeness (QED) is 0.829. The number of aryl methyl sites for hydroxylation is 1. The third-order valence-corrected chi connectivity index (χ3v) is 3.01. The number of nitrogens with one attached hydrogen (secondary N) is 1.